The van der Waals surface area contributed by atoms with Crippen molar-refractivity contribution in [3.63, 3.8) is 0 Å². The van der Waals surface area contributed by atoms with Crippen molar-refractivity contribution in [1.29, 1.82) is 0 Å². The molecule has 3 nitrogen and oxygen atoms in total. The van der Waals surface area contributed by atoms with E-state index in [4.69, 9.17) is 11.6 Å². The molecular weight excluding hydrogens is 320 g/mol. The highest BCUT2D eigenvalue weighted by molar-refractivity contribution is 6.30. The van der Waals surface area contributed by atoms with Crippen LogP contribution in [0, 0.1) is 0 Å². The molecule has 0 atom stereocenters. The van der Waals surface area contributed by atoms with Gasteiger partial charge in [-0.2, -0.15) is 0 Å². The Morgan fingerprint density at radius 1 is 0.792 bits per heavy atom. The van der Waals surface area contributed by atoms with Crippen LogP contribution < -0.4 is 5.32 Å². The molecule has 1 amide bonds. The number of pyridine rings is 1. The molecular formula is C20H13ClN2O. The molecule has 0 aliphatic carbocycles. The number of amides is 1. The number of halogens is 1. The van der Waals surface area contributed by atoms with Crippen LogP contribution in [0.1, 0.15) is 10.4 Å². The monoisotopic (exact) mass is 332 g/mol. The zero-order valence-corrected chi connectivity index (χ0v) is 13.4. The molecule has 4 heteroatoms. The van der Waals surface area contributed by atoms with E-state index >= 15 is 0 Å². The topological polar surface area (TPSA) is 42.0 Å². The van der Waals surface area contributed by atoms with E-state index < -0.39 is 0 Å². The van der Waals surface area contributed by atoms with Crippen LogP contribution in [-0.2, 0) is 0 Å². The first kappa shape index (κ1) is 14.7. The Kier molecular flexibility index (Phi) is 3.63. The maximum absolute atomic E-state index is 12.5. The minimum Gasteiger partial charge on any atom is -0.306 e. The molecule has 0 spiro atoms. The Hall–Kier alpha value is -2.91. The van der Waals surface area contributed by atoms with Gasteiger partial charge in [0.05, 0.1) is 5.52 Å². The molecule has 0 saturated heterocycles. The highest BCUT2D eigenvalue weighted by Crippen LogP contribution is 2.29. The summed E-state index contributed by atoms with van der Waals surface area (Å²) in [5.41, 5.74) is 1.39. The van der Waals surface area contributed by atoms with Crippen molar-refractivity contribution in [3.05, 3.63) is 83.4 Å². The second kappa shape index (κ2) is 5.95. The molecule has 116 valence electrons. The summed E-state index contributed by atoms with van der Waals surface area (Å²) in [6, 6.07) is 22.6. The second-order valence-corrected chi connectivity index (χ2v) is 5.92. The lowest BCUT2D eigenvalue weighted by Crippen LogP contribution is -2.13. The summed E-state index contributed by atoms with van der Waals surface area (Å²) < 4.78 is 0. The van der Waals surface area contributed by atoms with Gasteiger partial charge in [0.15, 0.2) is 0 Å². The number of carbonyl (C=O) groups excluding carboxylic acids is 1. The molecule has 4 aromatic rings. The number of hydrogen-bond acceptors (Lipinski definition) is 2. The number of rotatable bonds is 2. The van der Waals surface area contributed by atoms with Gasteiger partial charge in [0.2, 0.25) is 0 Å². The van der Waals surface area contributed by atoms with Gasteiger partial charge in [-0.15, -0.1) is 0 Å². The molecule has 1 aromatic heterocycles. The van der Waals surface area contributed by atoms with Crippen molar-refractivity contribution in [2.45, 2.75) is 0 Å². The Bertz CT molecular complexity index is 1060. The fourth-order valence-electron chi connectivity index (χ4n) is 2.78. The fraction of sp³-hybridized carbons (Fsp3) is 0. The van der Waals surface area contributed by atoms with Gasteiger partial charge in [-0.1, -0.05) is 54.1 Å². The molecule has 0 bridgehead atoms. The van der Waals surface area contributed by atoms with Gasteiger partial charge < -0.3 is 5.32 Å². The van der Waals surface area contributed by atoms with E-state index in [9.17, 15) is 4.79 Å². The van der Waals surface area contributed by atoms with Crippen LogP contribution in [0.2, 0.25) is 5.02 Å². The third-order valence-electron chi connectivity index (χ3n) is 3.95. The number of nitrogens with one attached hydrogen (secondary N) is 1. The number of anilines is 1. The number of nitrogens with zero attached hydrogens (tertiary/aromatic N) is 1. The quantitative estimate of drug-likeness (QED) is 0.506. The van der Waals surface area contributed by atoms with Crippen molar-refractivity contribution in [2.75, 3.05) is 5.32 Å². The number of benzene rings is 3. The summed E-state index contributed by atoms with van der Waals surface area (Å²) >= 11 is 5.88. The van der Waals surface area contributed by atoms with Gasteiger partial charge >= 0.3 is 0 Å². The molecule has 4 rings (SSSR count). The molecule has 3 aromatic carbocycles. The molecule has 0 aliphatic rings. The van der Waals surface area contributed by atoms with Gasteiger partial charge in [-0.05, 0) is 35.7 Å². The van der Waals surface area contributed by atoms with E-state index in [0.717, 1.165) is 21.7 Å². The highest BCUT2D eigenvalue weighted by Gasteiger charge is 2.12. The van der Waals surface area contributed by atoms with E-state index in [1.807, 2.05) is 48.5 Å². The van der Waals surface area contributed by atoms with Gasteiger partial charge in [0.1, 0.15) is 5.82 Å². The summed E-state index contributed by atoms with van der Waals surface area (Å²) in [5, 5.41) is 6.56. The highest BCUT2D eigenvalue weighted by atomic mass is 35.5. The third-order valence-corrected chi connectivity index (χ3v) is 4.20. The van der Waals surface area contributed by atoms with E-state index in [0.29, 0.717) is 16.4 Å². The average molecular weight is 333 g/mol. The third kappa shape index (κ3) is 2.59. The zero-order chi connectivity index (χ0) is 16.5. The zero-order valence-electron chi connectivity index (χ0n) is 12.7. The van der Waals surface area contributed by atoms with Crippen LogP contribution in [0.5, 0.6) is 0 Å². The minimum absolute atomic E-state index is 0.209. The SMILES string of the molecule is O=C(Nc1nc2ccccc2c2ccccc12)c1ccc(Cl)cc1. The molecule has 0 aliphatic heterocycles. The van der Waals surface area contributed by atoms with Crippen LogP contribution >= 0.6 is 11.6 Å². The first-order valence-electron chi connectivity index (χ1n) is 7.57. The van der Waals surface area contributed by atoms with E-state index in [-0.39, 0.29) is 5.91 Å². The summed E-state index contributed by atoms with van der Waals surface area (Å²) in [6.45, 7) is 0. The lowest BCUT2D eigenvalue weighted by atomic mass is 10.1. The lowest BCUT2D eigenvalue weighted by molar-refractivity contribution is 0.102. The van der Waals surface area contributed by atoms with Crippen molar-refractivity contribution >= 4 is 45.0 Å². The van der Waals surface area contributed by atoms with E-state index in [1.165, 1.54) is 0 Å². The largest absolute Gasteiger partial charge is 0.306 e. The Labute approximate surface area is 143 Å². The van der Waals surface area contributed by atoms with Crippen LogP contribution in [0.4, 0.5) is 5.82 Å². The van der Waals surface area contributed by atoms with Crippen LogP contribution in [-0.4, -0.2) is 10.9 Å². The lowest BCUT2D eigenvalue weighted by Gasteiger charge is -2.11. The van der Waals surface area contributed by atoms with E-state index in [2.05, 4.69) is 10.3 Å². The molecule has 0 radical (unpaired) electrons. The normalized spacial score (nSPS) is 10.9. The van der Waals surface area contributed by atoms with Gasteiger partial charge in [0, 0.05) is 21.4 Å². The van der Waals surface area contributed by atoms with Gasteiger partial charge in [-0.3, -0.25) is 4.79 Å². The molecule has 1 heterocycles. The summed E-state index contributed by atoms with van der Waals surface area (Å²) in [4.78, 5) is 17.1. The fourth-order valence-corrected chi connectivity index (χ4v) is 2.91. The summed E-state index contributed by atoms with van der Waals surface area (Å²) in [7, 11) is 0. The number of fused-ring (bicyclic) bond motifs is 3. The van der Waals surface area contributed by atoms with Crippen LogP contribution in [0.15, 0.2) is 72.8 Å². The van der Waals surface area contributed by atoms with Gasteiger partial charge in [-0.25, -0.2) is 4.98 Å². The van der Waals surface area contributed by atoms with E-state index in [1.54, 1.807) is 24.3 Å². The molecule has 0 fully saturated rings. The number of para-hydroxylation sites is 1. The van der Waals surface area contributed by atoms with Crippen molar-refractivity contribution < 1.29 is 4.79 Å². The average Bonchev–Trinajstić information content (AvgIpc) is 2.62. The maximum atomic E-state index is 12.5. The van der Waals surface area contributed by atoms with Crippen molar-refractivity contribution in [1.82, 2.24) is 4.98 Å². The number of hydrogen-bond donors (Lipinski definition) is 1. The number of aromatic nitrogens is 1. The first-order chi connectivity index (χ1) is 11.7. The predicted molar refractivity (Wildman–Crippen MR) is 98.7 cm³/mol. The van der Waals surface area contributed by atoms with Crippen molar-refractivity contribution in [3.8, 4) is 0 Å². The van der Waals surface area contributed by atoms with Crippen LogP contribution in [0.25, 0.3) is 21.7 Å². The first-order valence-corrected chi connectivity index (χ1v) is 7.94. The molecule has 24 heavy (non-hydrogen) atoms. The second-order valence-electron chi connectivity index (χ2n) is 5.48. The molecule has 0 unspecified atom stereocenters. The summed E-state index contributed by atoms with van der Waals surface area (Å²) in [6.07, 6.45) is 0. The van der Waals surface area contributed by atoms with Crippen molar-refractivity contribution in [2.24, 2.45) is 0 Å². The minimum atomic E-state index is -0.209. The van der Waals surface area contributed by atoms with Crippen LogP contribution in [0.3, 0.4) is 0 Å². The standard InChI is InChI=1S/C20H13ClN2O/c21-14-11-9-13(10-12-14)20(24)23-19-17-7-2-1-5-15(17)16-6-3-4-8-18(16)22-19/h1-12H,(H,22,23,24). The number of carbonyl (C=O) groups is 1. The molecule has 0 saturated carbocycles. The predicted octanol–water partition coefficient (Wildman–Crippen LogP) is 5.29. The maximum Gasteiger partial charge on any atom is 0.256 e. The Balaban J connectivity index is 1.83. The Morgan fingerprint density at radius 2 is 1.42 bits per heavy atom. The smallest absolute Gasteiger partial charge is 0.256 e. The Morgan fingerprint density at radius 3 is 2.17 bits per heavy atom. The summed E-state index contributed by atoms with van der Waals surface area (Å²) in [5.74, 6) is 0.351. The molecule has 1 N–H and O–H groups in total. The van der Waals surface area contributed by atoms with Gasteiger partial charge in [0.25, 0.3) is 5.91 Å².